The first-order chi connectivity index (χ1) is 8.54. The molecule has 0 fully saturated rings. The molecular formula is C14H22N2O2. The number of nitrogens with one attached hydrogen (secondary N) is 2. The van der Waals surface area contributed by atoms with E-state index in [1.165, 1.54) is 0 Å². The molecule has 1 aromatic carbocycles. The van der Waals surface area contributed by atoms with Gasteiger partial charge in [-0.15, -0.1) is 0 Å². The Hall–Kier alpha value is -1.39. The maximum atomic E-state index is 11.7. The molecule has 0 radical (unpaired) electrons. The van der Waals surface area contributed by atoms with Crippen LogP contribution in [0.15, 0.2) is 24.3 Å². The second kappa shape index (κ2) is 7.13. The van der Waals surface area contributed by atoms with Gasteiger partial charge in [-0.3, -0.25) is 4.79 Å². The standard InChI is InChI=1S/C14H22N2O2/c1-10(2)18-9-14(17)16-13-8-6-5-7-12(13)11(3)15-4/h5-8,10-11,15H,9H2,1-4H3,(H,16,17). The van der Waals surface area contributed by atoms with E-state index in [2.05, 4.69) is 17.6 Å². The zero-order valence-corrected chi connectivity index (χ0v) is 11.5. The Balaban J connectivity index is 2.69. The van der Waals surface area contributed by atoms with Gasteiger partial charge in [0, 0.05) is 11.7 Å². The van der Waals surface area contributed by atoms with Crippen molar-refractivity contribution in [1.29, 1.82) is 0 Å². The summed E-state index contributed by atoms with van der Waals surface area (Å²) in [7, 11) is 1.89. The third kappa shape index (κ3) is 4.47. The van der Waals surface area contributed by atoms with Gasteiger partial charge in [0.1, 0.15) is 6.61 Å². The Bertz CT molecular complexity index is 391. The van der Waals surface area contributed by atoms with Gasteiger partial charge < -0.3 is 15.4 Å². The smallest absolute Gasteiger partial charge is 0.250 e. The lowest BCUT2D eigenvalue weighted by atomic mass is 10.1. The van der Waals surface area contributed by atoms with Crippen LogP contribution in [0.25, 0.3) is 0 Å². The molecule has 4 heteroatoms. The van der Waals surface area contributed by atoms with Crippen LogP contribution in [0, 0.1) is 0 Å². The molecule has 1 rings (SSSR count). The SMILES string of the molecule is CNC(C)c1ccccc1NC(=O)COC(C)C. The summed E-state index contributed by atoms with van der Waals surface area (Å²) in [6.45, 7) is 5.95. The lowest BCUT2D eigenvalue weighted by Gasteiger charge is -2.16. The zero-order valence-electron chi connectivity index (χ0n) is 11.5. The van der Waals surface area contributed by atoms with Crippen LogP contribution in [0.2, 0.25) is 0 Å². The highest BCUT2D eigenvalue weighted by atomic mass is 16.5. The third-order valence-electron chi connectivity index (χ3n) is 2.68. The van der Waals surface area contributed by atoms with Crippen LogP contribution in [0.3, 0.4) is 0 Å². The van der Waals surface area contributed by atoms with Crippen molar-refractivity contribution in [2.75, 3.05) is 19.0 Å². The first-order valence-electron chi connectivity index (χ1n) is 6.22. The Kier molecular flexibility index (Phi) is 5.82. The fourth-order valence-electron chi connectivity index (χ4n) is 1.57. The van der Waals surface area contributed by atoms with Gasteiger partial charge in [-0.25, -0.2) is 0 Å². The summed E-state index contributed by atoms with van der Waals surface area (Å²) in [5.74, 6) is -0.126. The zero-order chi connectivity index (χ0) is 13.5. The molecule has 1 atom stereocenters. The van der Waals surface area contributed by atoms with Gasteiger partial charge in [0.25, 0.3) is 0 Å². The Morgan fingerprint density at radius 2 is 1.94 bits per heavy atom. The van der Waals surface area contributed by atoms with Crippen LogP contribution in [0.5, 0.6) is 0 Å². The third-order valence-corrected chi connectivity index (χ3v) is 2.68. The Morgan fingerprint density at radius 1 is 1.28 bits per heavy atom. The molecule has 1 amide bonds. The van der Waals surface area contributed by atoms with Crippen molar-refractivity contribution in [3.05, 3.63) is 29.8 Å². The molecule has 0 saturated carbocycles. The second-order valence-corrected chi connectivity index (χ2v) is 4.51. The van der Waals surface area contributed by atoms with Gasteiger partial charge >= 0.3 is 0 Å². The molecule has 2 N–H and O–H groups in total. The normalized spacial score (nSPS) is 12.5. The number of hydrogen-bond acceptors (Lipinski definition) is 3. The fraction of sp³-hybridized carbons (Fsp3) is 0.500. The van der Waals surface area contributed by atoms with Crippen LogP contribution in [0.4, 0.5) is 5.69 Å². The molecule has 0 saturated heterocycles. The summed E-state index contributed by atoms with van der Waals surface area (Å²) < 4.78 is 5.27. The van der Waals surface area contributed by atoms with Crippen molar-refractivity contribution in [3.63, 3.8) is 0 Å². The monoisotopic (exact) mass is 250 g/mol. The number of carbonyl (C=O) groups excluding carboxylic acids is 1. The van der Waals surface area contributed by atoms with E-state index >= 15 is 0 Å². The number of para-hydroxylation sites is 1. The number of carbonyl (C=O) groups is 1. The van der Waals surface area contributed by atoms with Crippen LogP contribution < -0.4 is 10.6 Å². The summed E-state index contributed by atoms with van der Waals surface area (Å²) >= 11 is 0. The number of anilines is 1. The van der Waals surface area contributed by atoms with Crippen LogP contribution in [0.1, 0.15) is 32.4 Å². The molecule has 0 spiro atoms. The summed E-state index contributed by atoms with van der Waals surface area (Å²) in [6.07, 6.45) is 0.0576. The summed E-state index contributed by atoms with van der Waals surface area (Å²) in [5, 5.41) is 6.04. The highest BCUT2D eigenvalue weighted by molar-refractivity contribution is 5.92. The van der Waals surface area contributed by atoms with E-state index in [0.29, 0.717) is 0 Å². The molecule has 0 heterocycles. The number of benzene rings is 1. The van der Waals surface area contributed by atoms with E-state index < -0.39 is 0 Å². The number of rotatable bonds is 6. The Morgan fingerprint density at radius 3 is 2.56 bits per heavy atom. The van der Waals surface area contributed by atoms with Gasteiger partial charge in [0.2, 0.25) is 5.91 Å². The molecule has 0 aromatic heterocycles. The van der Waals surface area contributed by atoms with Crippen LogP contribution >= 0.6 is 0 Å². The molecule has 1 unspecified atom stereocenters. The van der Waals surface area contributed by atoms with Crippen LogP contribution in [-0.2, 0) is 9.53 Å². The van der Waals surface area contributed by atoms with Crippen molar-refractivity contribution >= 4 is 11.6 Å². The van der Waals surface area contributed by atoms with E-state index in [-0.39, 0.29) is 24.7 Å². The van der Waals surface area contributed by atoms with E-state index in [9.17, 15) is 4.79 Å². The molecule has 0 aliphatic rings. The Labute approximate surface area is 109 Å². The lowest BCUT2D eigenvalue weighted by Crippen LogP contribution is -2.22. The molecule has 18 heavy (non-hydrogen) atoms. The number of amides is 1. The molecular weight excluding hydrogens is 228 g/mol. The van der Waals surface area contributed by atoms with Gasteiger partial charge in [-0.1, -0.05) is 18.2 Å². The maximum absolute atomic E-state index is 11.7. The molecule has 1 aromatic rings. The summed E-state index contributed by atoms with van der Waals surface area (Å²) in [5.41, 5.74) is 1.90. The molecule has 0 aliphatic heterocycles. The molecule has 4 nitrogen and oxygen atoms in total. The largest absolute Gasteiger partial charge is 0.369 e. The predicted molar refractivity (Wildman–Crippen MR) is 73.6 cm³/mol. The quantitative estimate of drug-likeness (QED) is 0.814. The van der Waals surface area contributed by atoms with Crippen molar-refractivity contribution in [1.82, 2.24) is 5.32 Å². The predicted octanol–water partition coefficient (Wildman–Crippen LogP) is 2.33. The first kappa shape index (κ1) is 14.7. The van der Waals surface area contributed by atoms with E-state index in [1.807, 2.05) is 45.2 Å². The average Bonchev–Trinajstić information content (AvgIpc) is 2.36. The summed E-state index contributed by atoms with van der Waals surface area (Å²) in [6, 6.07) is 7.96. The maximum Gasteiger partial charge on any atom is 0.250 e. The first-order valence-corrected chi connectivity index (χ1v) is 6.22. The lowest BCUT2D eigenvalue weighted by molar-refractivity contribution is -0.121. The van der Waals surface area contributed by atoms with Gasteiger partial charge in [0.05, 0.1) is 6.10 Å². The van der Waals surface area contributed by atoms with Crippen molar-refractivity contribution in [2.24, 2.45) is 0 Å². The second-order valence-electron chi connectivity index (χ2n) is 4.51. The number of hydrogen-bond donors (Lipinski definition) is 2. The average molecular weight is 250 g/mol. The van der Waals surface area contributed by atoms with Crippen LogP contribution in [-0.4, -0.2) is 25.7 Å². The minimum Gasteiger partial charge on any atom is -0.369 e. The van der Waals surface area contributed by atoms with E-state index in [0.717, 1.165) is 11.3 Å². The molecule has 0 bridgehead atoms. The van der Waals surface area contributed by atoms with Gasteiger partial charge in [-0.2, -0.15) is 0 Å². The fourth-order valence-corrected chi connectivity index (χ4v) is 1.57. The minimum atomic E-state index is -0.126. The topological polar surface area (TPSA) is 50.4 Å². The van der Waals surface area contributed by atoms with Gasteiger partial charge in [0.15, 0.2) is 0 Å². The molecule has 0 aliphatic carbocycles. The highest BCUT2D eigenvalue weighted by Crippen LogP contribution is 2.21. The number of ether oxygens (including phenoxy) is 1. The van der Waals surface area contributed by atoms with E-state index in [1.54, 1.807) is 0 Å². The van der Waals surface area contributed by atoms with Gasteiger partial charge in [-0.05, 0) is 39.4 Å². The minimum absolute atomic E-state index is 0.0576. The molecule has 100 valence electrons. The summed E-state index contributed by atoms with van der Waals surface area (Å²) in [4.78, 5) is 11.7. The van der Waals surface area contributed by atoms with Crippen molar-refractivity contribution in [2.45, 2.75) is 32.9 Å². The van der Waals surface area contributed by atoms with E-state index in [4.69, 9.17) is 4.74 Å². The van der Waals surface area contributed by atoms with Crippen molar-refractivity contribution < 1.29 is 9.53 Å². The van der Waals surface area contributed by atoms with Crippen molar-refractivity contribution in [3.8, 4) is 0 Å². The highest BCUT2D eigenvalue weighted by Gasteiger charge is 2.11.